The number of amides is 3. The zero-order valence-electron chi connectivity index (χ0n) is 22.7. The highest BCUT2D eigenvalue weighted by molar-refractivity contribution is 5.94. The monoisotopic (exact) mass is 525 g/mol. The summed E-state index contributed by atoms with van der Waals surface area (Å²) < 4.78 is 5.25. The Labute approximate surface area is 223 Å². The summed E-state index contributed by atoms with van der Waals surface area (Å²) in [5, 5.41) is 5.10. The summed E-state index contributed by atoms with van der Waals surface area (Å²) in [5.41, 5.74) is 9.04. The Bertz CT molecular complexity index is 1130. The molecule has 2 heterocycles. The van der Waals surface area contributed by atoms with E-state index >= 15 is 0 Å². The minimum absolute atomic E-state index is 0.0355. The molecule has 3 rings (SSSR count). The maximum atomic E-state index is 13.0. The maximum absolute atomic E-state index is 13.0. The van der Waals surface area contributed by atoms with Gasteiger partial charge in [-0.2, -0.15) is 4.99 Å². The molecule has 38 heavy (non-hydrogen) atoms. The van der Waals surface area contributed by atoms with Crippen LogP contribution in [0.4, 0.5) is 10.6 Å². The molecule has 1 saturated heterocycles. The second kappa shape index (κ2) is 13.1. The number of nitrogens with two attached hydrogens (primary N) is 1. The lowest BCUT2D eigenvalue weighted by Gasteiger charge is -2.34. The lowest BCUT2D eigenvalue weighted by molar-refractivity contribution is -0.108. The first-order chi connectivity index (χ1) is 18.1. The number of nitrogens with zero attached hydrogens (tertiary/aromatic N) is 3. The molecule has 0 aliphatic carbocycles. The van der Waals surface area contributed by atoms with E-state index in [1.807, 2.05) is 63.1 Å². The Balaban J connectivity index is 1.43. The van der Waals surface area contributed by atoms with Gasteiger partial charge in [-0.05, 0) is 69.4 Å². The smallest absolute Gasteiger partial charge is 0.407 e. The second-order valence-electron chi connectivity index (χ2n) is 10.3. The third kappa shape index (κ3) is 8.62. The molecule has 1 fully saturated rings. The molecule has 0 spiro atoms. The van der Waals surface area contributed by atoms with Gasteiger partial charge < -0.3 is 25.7 Å². The molecule has 11 heteroatoms. The summed E-state index contributed by atoms with van der Waals surface area (Å²) in [4.78, 5) is 46.6. The van der Waals surface area contributed by atoms with Crippen LogP contribution in [0.15, 0.2) is 35.5 Å². The molecule has 11 nitrogen and oxygen atoms in total. The van der Waals surface area contributed by atoms with Crippen molar-refractivity contribution in [3.63, 3.8) is 0 Å². The van der Waals surface area contributed by atoms with Gasteiger partial charge in [-0.15, -0.1) is 0 Å². The zero-order chi connectivity index (χ0) is 27.7. The van der Waals surface area contributed by atoms with Crippen LogP contribution in [0.25, 0.3) is 0 Å². The topological polar surface area (TPSA) is 145 Å². The fraction of sp³-hybridized carbons (Fsp3) is 0.481. The summed E-state index contributed by atoms with van der Waals surface area (Å²) in [6, 6.07) is 7.78. The highest BCUT2D eigenvalue weighted by Gasteiger charge is 2.22. The van der Waals surface area contributed by atoms with Crippen LogP contribution in [-0.2, 0) is 22.4 Å². The molecular weight excluding hydrogens is 486 g/mol. The average Bonchev–Trinajstić information content (AvgIpc) is 3.21. The molecule has 0 radical (unpaired) electrons. The van der Waals surface area contributed by atoms with Gasteiger partial charge in [-0.25, -0.2) is 4.79 Å². The quantitative estimate of drug-likeness (QED) is 0.224. The second-order valence-corrected chi connectivity index (χ2v) is 10.3. The first-order valence-electron chi connectivity index (χ1n) is 12.8. The number of guanidine groups is 1. The minimum Gasteiger partial charge on any atom is -0.444 e. The summed E-state index contributed by atoms with van der Waals surface area (Å²) in [6.07, 6.45) is 3.59. The lowest BCUT2D eigenvalue weighted by atomic mass is 10.0. The van der Waals surface area contributed by atoms with E-state index in [0.717, 1.165) is 42.6 Å². The fourth-order valence-corrected chi connectivity index (χ4v) is 4.19. The van der Waals surface area contributed by atoms with Gasteiger partial charge in [0.2, 0.25) is 12.4 Å². The van der Waals surface area contributed by atoms with Crippen molar-refractivity contribution in [3.05, 3.63) is 52.7 Å². The van der Waals surface area contributed by atoms with Crippen molar-refractivity contribution in [1.82, 2.24) is 25.4 Å². The Morgan fingerprint density at radius 3 is 2.45 bits per heavy atom. The predicted molar refractivity (Wildman–Crippen MR) is 146 cm³/mol. The van der Waals surface area contributed by atoms with Crippen molar-refractivity contribution < 1.29 is 19.1 Å². The Kier molecular flexibility index (Phi) is 9.89. The molecule has 3 amide bonds. The highest BCUT2D eigenvalue weighted by atomic mass is 16.6. The number of aromatic nitrogens is 1. The number of alkyl carbamates (subject to hydrolysis) is 1. The number of hydrogen-bond acceptors (Lipinski definition) is 6. The molecule has 206 valence electrons. The predicted octanol–water partition coefficient (Wildman–Crippen LogP) is 2.08. The lowest BCUT2D eigenvalue weighted by Crippen LogP contribution is -2.50. The van der Waals surface area contributed by atoms with Crippen LogP contribution in [0.1, 0.15) is 47.8 Å². The number of ether oxygens (including phenoxy) is 1. The molecule has 1 aromatic heterocycles. The Hall–Kier alpha value is -3.86. The number of aliphatic imine (C=N–C) groups is 1. The average molecular weight is 526 g/mol. The number of benzene rings is 1. The third-order valence-electron chi connectivity index (χ3n) is 6.30. The summed E-state index contributed by atoms with van der Waals surface area (Å²) in [7, 11) is 0. The van der Waals surface area contributed by atoms with Crippen LogP contribution in [-0.4, -0.2) is 84.0 Å². The number of nitrogens with one attached hydrogen (secondary N) is 3. The number of carbonyl (C=O) groups is 3. The molecule has 0 saturated carbocycles. The Morgan fingerprint density at radius 1 is 1.13 bits per heavy atom. The van der Waals surface area contributed by atoms with Gasteiger partial charge in [0.25, 0.3) is 5.91 Å². The number of carbonyl (C=O) groups excluding carboxylic acids is 3. The van der Waals surface area contributed by atoms with Crippen LogP contribution in [0.2, 0.25) is 0 Å². The third-order valence-corrected chi connectivity index (χ3v) is 6.30. The van der Waals surface area contributed by atoms with Gasteiger partial charge in [0.1, 0.15) is 11.4 Å². The van der Waals surface area contributed by atoms with Gasteiger partial charge in [0.15, 0.2) is 0 Å². The van der Waals surface area contributed by atoms with E-state index in [9.17, 15) is 14.4 Å². The van der Waals surface area contributed by atoms with Crippen LogP contribution >= 0.6 is 0 Å². The number of aryl methyl sites for hydroxylation is 2. The first kappa shape index (κ1) is 28.7. The normalized spacial score (nSPS) is 14.7. The van der Waals surface area contributed by atoms with E-state index in [1.165, 1.54) is 0 Å². The number of aromatic amines is 1. The molecule has 1 aliphatic heterocycles. The van der Waals surface area contributed by atoms with Crippen molar-refractivity contribution in [3.8, 4) is 0 Å². The SMILES string of the molecule is Cc1c(CCc2ccc(C(=O)N3CCN(CCNC(=O)OC(C)(C)C)CC3)cc2)c[nH]c1N=C(N)NC=O. The molecule has 1 aromatic carbocycles. The minimum atomic E-state index is -0.512. The highest BCUT2D eigenvalue weighted by Crippen LogP contribution is 2.22. The fourth-order valence-electron chi connectivity index (χ4n) is 4.19. The number of piperazine rings is 1. The molecule has 2 aromatic rings. The molecule has 0 bridgehead atoms. The van der Waals surface area contributed by atoms with E-state index in [1.54, 1.807) is 0 Å². The maximum Gasteiger partial charge on any atom is 0.407 e. The van der Waals surface area contributed by atoms with Crippen molar-refractivity contribution in [2.45, 2.75) is 46.1 Å². The standard InChI is InChI=1S/C27H39N7O4/c1-19-22(17-30-23(19)32-25(28)31-18-35)10-7-20-5-8-21(9-6-20)24(36)34-15-13-33(14-16-34)12-11-29-26(37)38-27(2,3)4/h5-6,8-9,17-18,30H,7,10-16H2,1-4H3,(H,29,37)(H3,28,31,32,35). The van der Waals surface area contributed by atoms with E-state index in [-0.39, 0.29) is 11.9 Å². The molecule has 0 unspecified atom stereocenters. The van der Waals surface area contributed by atoms with Gasteiger partial charge in [0, 0.05) is 51.0 Å². The first-order valence-corrected chi connectivity index (χ1v) is 12.8. The van der Waals surface area contributed by atoms with E-state index in [4.69, 9.17) is 10.5 Å². The summed E-state index contributed by atoms with van der Waals surface area (Å²) in [5.74, 6) is 0.689. The summed E-state index contributed by atoms with van der Waals surface area (Å²) in [6.45, 7) is 11.5. The van der Waals surface area contributed by atoms with Gasteiger partial charge >= 0.3 is 6.09 Å². The number of H-pyrrole nitrogens is 1. The molecular formula is C27H39N7O4. The number of rotatable bonds is 9. The van der Waals surface area contributed by atoms with Crippen molar-refractivity contribution >= 4 is 30.2 Å². The van der Waals surface area contributed by atoms with Crippen molar-refractivity contribution in [1.29, 1.82) is 0 Å². The van der Waals surface area contributed by atoms with Crippen molar-refractivity contribution in [2.24, 2.45) is 10.7 Å². The van der Waals surface area contributed by atoms with Gasteiger partial charge in [0.05, 0.1) is 0 Å². The zero-order valence-corrected chi connectivity index (χ0v) is 22.7. The van der Waals surface area contributed by atoms with Crippen LogP contribution < -0.4 is 16.4 Å². The molecule has 1 aliphatic rings. The van der Waals surface area contributed by atoms with E-state index in [2.05, 4.69) is 25.5 Å². The van der Waals surface area contributed by atoms with E-state index < -0.39 is 11.7 Å². The largest absolute Gasteiger partial charge is 0.444 e. The van der Waals surface area contributed by atoms with Gasteiger partial charge in [-0.1, -0.05) is 12.1 Å². The van der Waals surface area contributed by atoms with E-state index in [0.29, 0.717) is 44.0 Å². The van der Waals surface area contributed by atoms with Crippen LogP contribution in [0.5, 0.6) is 0 Å². The van der Waals surface area contributed by atoms with Crippen LogP contribution in [0.3, 0.4) is 0 Å². The molecule has 0 atom stereocenters. The molecule has 5 N–H and O–H groups in total. The van der Waals surface area contributed by atoms with Gasteiger partial charge in [-0.3, -0.25) is 19.8 Å². The van der Waals surface area contributed by atoms with Crippen LogP contribution in [0, 0.1) is 6.92 Å². The van der Waals surface area contributed by atoms with Crippen molar-refractivity contribution in [2.75, 3.05) is 39.3 Å². The number of hydrogen-bond donors (Lipinski definition) is 4. The Morgan fingerprint density at radius 2 is 1.82 bits per heavy atom. The summed E-state index contributed by atoms with van der Waals surface area (Å²) >= 11 is 0.